The average molecular weight is 149 g/mol. The van der Waals surface area contributed by atoms with E-state index in [1.807, 2.05) is 19.1 Å². The standard InChI is InChI=1S/C10H15N/c1-5-7-8-10(6-2)9(3)11-4/h5-6,8H,1-2,7H2,3-4H3/b10-8+,11-9+. The smallest absolute Gasteiger partial charge is 0.0382 e. The number of aliphatic imine (C=N–C) groups is 1. The molecule has 0 aromatic heterocycles. The molecule has 0 aliphatic heterocycles. The molecule has 11 heavy (non-hydrogen) atoms. The Hall–Kier alpha value is -1.11. The molecule has 0 aliphatic carbocycles. The molecule has 0 saturated heterocycles. The maximum atomic E-state index is 4.06. The van der Waals surface area contributed by atoms with Crippen molar-refractivity contribution in [3.05, 3.63) is 37.0 Å². The zero-order valence-electron chi connectivity index (χ0n) is 7.30. The van der Waals surface area contributed by atoms with E-state index >= 15 is 0 Å². The van der Waals surface area contributed by atoms with Crippen molar-refractivity contribution in [3.63, 3.8) is 0 Å². The topological polar surface area (TPSA) is 12.4 Å². The van der Waals surface area contributed by atoms with Gasteiger partial charge in [-0.15, -0.1) is 6.58 Å². The van der Waals surface area contributed by atoms with Gasteiger partial charge < -0.3 is 0 Å². The SMILES string of the molecule is C=CC/C=C(C=C)/C(C)=N/C. The van der Waals surface area contributed by atoms with Crippen LogP contribution < -0.4 is 0 Å². The fourth-order valence-corrected chi connectivity index (χ4v) is 0.718. The lowest BCUT2D eigenvalue weighted by molar-refractivity contribution is 1.36. The van der Waals surface area contributed by atoms with Crippen LogP contribution in [0.15, 0.2) is 42.0 Å². The van der Waals surface area contributed by atoms with Crippen LogP contribution in [0.5, 0.6) is 0 Å². The van der Waals surface area contributed by atoms with Gasteiger partial charge in [0.15, 0.2) is 0 Å². The lowest BCUT2D eigenvalue weighted by Gasteiger charge is -1.97. The van der Waals surface area contributed by atoms with Crippen molar-refractivity contribution in [2.24, 2.45) is 4.99 Å². The van der Waals surface area contributed by atoms with E-state index in [9.17, 15) is 0 Å². The summed E-state index contributed by atoms with van der Waals surface area (Å²) in [6.45, 7) is 9.30. The van der Waals surface area contributed by atoms with Crippen LogP contribution in [0.4, 0.5) is 0 Å². The second kappa shape index (κ2) is 5.66. The quantitative estimate of drug-likeness (QED) is 0.331. The molecule has 0 rings (SSSR count). The van der Waals surface area contributed by atoms with Gasteiger partial charge in [-0.1, -0.05) is 24.8 Å². The van der Waals surface area contributed by atoms with Crippen LogP contribution >= 0.6 is 0 Å². The van der Waals surface area contributed by atoms with Gasteiger partial charge in [-0.25, -0.2) is 0 Å². The molecule has 0 amide bonds. The molecule has 0 unspecified atom stereocenters. The molecule has 0 heterocycles. The van der Waals surface area contributed by atoms with Crippen molar-refractivity contribution < 1.29 is 0 Å². The minimum absolute atomic E-state index is 0.869. The molecule has 0 bridgehead atoms. The molecule has 0 fully saturated rings. The fraction of sp³-hybridized carbons (Fsp3) is 0.300. The Morgan fingerprint density at radius 2 is 2.09 bits per heavy atom. The predicted octanol–water partition coefficient (Wildman–Crippen LogP) is 2.77. The summed E-state index contributed by atoms with van der Waals surface area (Å²) in [5.74, 6) is 0. The van der Waals surface area contributed by atoms with Crippen LogP contribution in [0.1, 0.15) is 13.3 Å². The highest BCUT2D eigenvalue weighted by molar-refractivity contribution is 6.00. The van der Waals surface area contributed by atoms with E-state index < -0.39 is 0 Å². The number of nitrogens with zero attached hydrogens (tertiary/aromatic N) is 1. The first-order valence-corrected chi connectivity index (χ1v) is 3.63. The summed E-state index contributed by atoms with van der Waals surface area (Å²) in [6.07, 6.45) is 6.59. The fourth-order valence-electron chi connectivity index (χ4n) is 0.718. The predicted molar refractivity (Wildman–Crippen MR) is 52.1 cm³/mol. The lowest BCUT2D eigenvalue weighted by atomic mass is 10.1. The van der Waals surface area contributed by atoms with E-state index in [1.54, 1.807) is 7.05 Å². The molecule has 0 aromatic rings. The monoisotopic (exact) mass is 149 g/mol. The van der Waals surface area contributed by atoms with Crippen molar-refractivity contribution in [2.75, 3.05) is 7.05 Å². The average Bonchev–Trinajstić information content (AvgIpc) is 2.05. The third-order valence-electron chi connectivity index (χ3n) is 1.48. The number of hydrogen-bond acceptors (Lipinski definition) is 1. The van der Waals surface area contributed by atoms with Crippen LogP contribution in [-0.2, 0) is 0 Å². The summed E-state index contributed by atoms with van der Waals surface area (Å²) >= 11 is 0. The highest BCUT2D eigenvalue weighted by atomic mass is 14.7. The summed E-state index contributed by atoms with van der Waals surface area (Å²) < 4.78 is 0. The Balaban J connectivity index is 4.38. The summed E-state index contributed by atoms with van der Waals surface area (Å²) in [5, 5.41) is 0. The summed E-state index contributed by atoms with van der Waals surface area (Å²) in [7, 11) is 1.78. The molecule has 0 saturated carbocycles. The van der Waals surface area contributed by atoms with Crippen LogP contribution in [0.25, 0.3) is 0 Å². The van der Waals surface area contributed by atoms with Gasteiger partial charge in [-0.3, -0.25) is 4.99 Å². The van der Waals surface area contributed by atoms with E-state index in [-0.39, 0.29) is 0 Å². The van der Waals surface area contributed by atoms with Gasteiger partial charge in [0.25, 0.3) is 0 Å². The van der Waals surface area contributed by atoms with Gasteiger partial charge in [-0.2, -0.15) is 0 Å². The van der Waals surface area contributed by atoms with Crippen molar-refractivity contribution in [1.82, 2.24) is 0 Å². The second-order valence-corrected chi connectivity index (χ2v) is 2.20. The summed E-state index contributed by atoms with van der Waals surface area (Å²) in [6, 6.07) is 0. The Kier molecular flexibility index (Phi) is 5.09. The first-order chi connectivity index (χ1) is 5.26. The molecule has 0 N–H and O–H groups in total. The maximum absolute atomic E-state index is 4.06. The molecule has 1 heteroatoms. The van der Waals surface area contributed by atoms with Gasteiger partial charge in [-0.05, 0) is 18.9 Å². The van der Waals surface area contributed by atoms with Crippen LogP contribution in [0.2, 0.25) is 0 Å². The molecule has 0 aliphatic rings. The Labute approximate surface area is 68.9 Å². The normalized spacial score (nSPS) is 12.9. The van der Waals surface area contributed by atoms with Gasteiger partial charge in [0.05, 0.1) is 0 Å². The second-order valence-electron chi connectivity index (χ2n) is 2.20. The van der Waals surface area contributed by atoms with E-state index in [1.165, 1.54) is 0 Å². The number of hydrogen-bond donors (Lipinski definition) is 0. The Morgan fingerprint density at radius 3 is 2.45 bits per heavy atom. The first-order valence-electron chi connectivity index (χ1n) is 3.63. The van der Waals surface area contributed by atoms with Gasteiger partial charge in [0.1, 0.15) is 0 Å². The minimum atomic E-state index is 0.869. The summed E-state index contributed by atoms with van der Waals surface area (Å²) in [4.78, 5) is 4.06. The minimum Gasteiger partial charge on any atom is -0.293 e. The van der Waals surface area contributed by atoms with Gasteiger partial charge in [0, 0.05) is 12.8 Å². The molecule has 0 aromatic carbocycles. The van der Waals surface area contributed by atoms with E-state index in [4.69, 9.17) is 0 Å². The third kappa shape index (κ3) is 3.56. The first kappa shape index (κ1) is 9.89. The Bertz CT molecular complexity index is 197. The van der Waals surface area contributed by atoms with Gasteiger partial charge in [0.2, 0.25) is 0 Å². The molecular formula is C10H15N. The van der Waals surface area contributed by atoms with Crippen LogP contribution in [0, 0.1) is 0 Å². The highest BCUT2D eigenvalue weighted by Crippen LogP contribution is 2.01. The molecule has 0 radical (unpaired) electrons. The zero-order valence-corrected chi connectivity index (χ0v) is 7.30. The zero-order chi connectivity index (χ0) is 8.69. The largest absolute Gasteiger partial charge is 0.293 e. The van der Waals surface area contributed by atoms with Gasteiger partial charge >= 0.3 is 0 Å². The molecule has 60 valence electrons. The van der Waals surface area contributed by atoms with E-state index in [0.717, 1.165) is 17.7 Å². The lowest BCUT2D eigenvalue weighted by Crippen LogP contribution is -1.93. The van der Waals surface area contributed by atoms with Crippen molar-refractivity contribution in [3.8, 4) is 0 Å². The molecular weight excluding hydrogens is 134 g/mol. The van der Waals surface area contributed by atoms with E-state index in [0.29, 0.717) is 0 Å². The highest BCUT2D eigenvalue weighted by Gasteiger charge is 1.92. The molecule has 0 atom stereocenters. The van der Waals surface area contributed by atoms with Crippen molar-refractivity contribution >= 4 is 5.71 Å². The van der Waals surface area contributed by atoms with Crippen molar-refractivity contribution in [2.45, 2.75) is 13.3 Å². The van der Waals surface area contributed by atoms with Crippen LogP contribution in [0.3, 0.4) is 0 Å². The maximum Gasteiger partial charge on any atom is 0.0382 e. The van der Waals surface area contributed by atoms with E-state index in [2.05, 4.69) is 24.2 Å². The Morgan fingerprint density at radius 1 is 1.45 bits per heavy atom. The molecule has 0 spiro atoms. The van der Waals surface area contributed by atoms with Crippen LogP contribution in [-0.4, -0.2) is 12.8 Å². The number of allylic oxidation sites excluding steroid dienone is 4. The third-order valence-corrected chi connectivity index (χ3v) is 1.48. The summed E-state index contributed by atoms with van der Waals surface area (Å²) in [5.41, 5.74) is 2.11. The molecule has 1 nitrogen and oxygen atoms in total. The number of rotatable bonds is 4. The van der Waals surface area contributed by atoms with Crippen molar-refractivity contribution in [1.29, 1.82) is 0 Å².